The maximum atomic E-state index is 12.8. The van der Waals surface area contributed by atoms with Crippen molar-refractivity contribution in [2.45, 2.75) is 38.8 Å². The molecule has 31 heavy (non-hydrogen) atoms. The Bertz CT molecular complexity index is 1050. The molecule has 160 valence electrons. The lowest BCUT2D eigenvalue weighted by molar-refractivity contribution is -0.117. The highest BCUT2D eigenvalue weighted by atomic mass is 16.2. The van der Waals surface area contributed by atoms with E-state index in [0.29, 0.717) is 18.1 Å². The average Bonchev–Trinajstić information content (AvgIpc) is 3.41. The van der Waals surface area contributed by atoms with E-state index in [1.54, 1.807) is 4.90 Å². The number of rotatable bonds is 6. The molecule has 2 aromatic carbocycles. The topological polar surface area (TPSA) is 103 Å². The fourth-order valence-electron chi connectivity index (χ4n) is 3.75. The highest BCUT2D eigenvalue weighted by Gasteiger charge is 2.23. The third-order valence-electron chi connectivity index (χ3n) is 5.41. The lowest BCUT2D eigenvalue weighted by Gasteiger charge is -2.21. The summed E-state index contributed by atoms with van der Waals surface area (Å²) in [6.07, 6.45) is 1.50. The first-order valence-corrected chi connectivity index (χ1v) is 10.4. The molecule has 4 rings (SSSR count). The number of urea groups is 1. The van der Waals surface area contributed by atoms with Gasteiger partial charge in [-0.1, -0.05) is 42.5 Å². The highest BCUT2D eigenvalue weighted by molar-refractivity contribution is 5.95. The summed E-state index contributed by atoms with van der Waals surface area (Å²) in [6, 6.07) is 16.3. The first-order valence-electron chi connectivity index (χ1n) is 10.4. The van der Waals surface area contributed by atoms with E-state index in [-0.39, 0.29) is 18.0 Å². The van der Waals surface area contributed by atoms with Gasteiger partial charge in [-0.25, -0.2) is 9.78 Å². The van der Waals surface area contributed by atoms with Gasteiger partial charge in [0, 0.05) is 18.7 Å². The number of anilines is 1. The van der Waals surface area contributed by atoms with Crippen molar-refractivity contribution in [2.24, 2.45) is 0 Å². The van der Waals surface area contributed by atoms with E-state index < -0.39 is 6.04 Å². The number of nitrogens with zero attached hydrogens (tertiary/aromatic N) is 3. The molecule has 1 aliphatic rings. The van der Waals surface area contributed by atoms with Crippen molar-refractivity contribution >= 4 is 17.6 Å². The first kappa shape index (κ1) is 20.6. The van der Waals surface area contributed by atoms with Gasteiger partial charge in [0.05, 0.1) is 6.04 Å². The molecule has 0 spiro atoms. The molecule has 1 saturated heterocycles. The summed E-state index contributed by atoms with van der Waals surface area (Å²) < 4.78 is 0. The van der Waals surface area contributed by atoms with Crippen LogP contribution in [0.3, 0.4) is 0 Å². The average molecular weight is 419 g/mol. The zero-order chi connectivity index (χ0) is 21.8. The summed E-state index contributed by atoms with van der Waals surface area (Å²) in [6.45, 7) is 4.50. The van der Waals surface area contributed by atoms with Gasteiger partial charge in [-0.2, -0.15) is 5.10 Å². The number of benzene rings is 2. The van der Waals surface area contributed by atoms with Crippen LogP contribution in [0.25, 0.3) is 0 Å². The minimum absolute atomic E-state index is 0.160. The Morgan fingerprint density at radius 3 is 2.42 bits per heavy atom. The third-order valence-corrected chi connectivity index (χ3v) is 5.41. The van der Waals surface area contributed by atoms with Gasteiger partial charge >= 0.3 is 6.03 Å². The van der Waals surface area contributed by atoms with Crippen molar-refractivity contribution in [3.63, 3.8) is 0 Å². The second-order valence-corrected chi connectivity index (χ2v) is 7.70. The molecule has 0 aliphatic carbocycles. The van der Waals surface area contributed by atoms with Gasteiger partial charge < -0.3 is 15.5 Å². The second kappa shape index (κ2) is 8.99. The minimum Gasteiger partial charge on any atom is -0.332 e. The number of hydrogen-bond acceptors (Lipinski definition) is 4. The van der Waals surface area contributed by atoms with E-state index in [0.717, 1.165) is 29.8 Å². The normalized spacial score (nSPS) is 15.5. The number of nitrogens with one attached hydrogen (secondary N) is 3. The third kappa shape index (κ3) is 4.74. The number of amides is 3. The van der Waals surface area contributed by atoms with Crippen molar-refractivity contribution in [3.05, 3.63) is 77.4 Å². The van der Waals surface area contributed by atoms with Crippen LogP contribution in [0.5, 0.6) is 0 Å². The molecule has 8 heteroatoms. The number of carbonyl (C=O) groups is 2. The molecule has 2 heterocycles. The Morgan fingerprint density at radius 2 is 1.81 bits per heavy atom. The van der Waals surface area contributed by atoms with E-state index in [1.165, 1.54) is 0 Å². The molecule has 1 aromatic heterocycles. The Kier molecular flexibility index (Phi) is 5.97. The van der Waals surface area contributed by atoms with E-state index in [4.69, 9.17) is 0 Å². The molecule has 2 unspecified atom stereocenters. The SMILES string of the molecule is Cc1nc(C(NC(=O)NC(C)c2ccc(N3CCCC3=O)cc2)c2ccccc2)n[nH]1. The molecule has 3 amide bonds. The van der Waals surface area contributed by atoms with Gasteiger partial charge in [-0.05, 0) is 43.5 Å². The van der Waals surface area contributed by atoms with Crippen LogP contribution in [0.2, 0.25) is 0 Å². The predicted molar refractivity (Wildman–Crippen MR) is 118 cm³/mol. The highest BCUT2D eigenvalue weighted by Crippen LogP contribution is 2.24. The zero-order valence-electron chi connectivity index (χ0n) is 17.6. The van der Waals surface area contributed by atoms with Crippen molar-refractivity contribution in [2.75, 3.05) is 11.4 Å². The number of aromatic amines is 1. The van der Waals surface area contributed by atoms with Gasteiger partial charge in [-0.3, -0.25) is 9.89 Å². The van der Waals surface area contributed by atoms with Crippen LogP contribution in [-0.4, -0.2) is 33.7 Å². The summed E-state index contributed by atoms with van der Waals surface area (Å²) in [5, 5.41) is 13.0. The van der Waals surface area contributed by atoms with Crippen molar-refractivity contribution in [3.8, 4) is 0 Å². The van der Waals surface area contributed by atoms with Gasteiger partial charge in [0.2, 0.25) is 5.91 Å². The van der Waals surface area contributed by atoms with E-state index >= 15 is 0 Å². The largest absolute Gasteiger partial charge is 0.332 e. The second-order valence-electron chi connectivity index (χ2n) is 7.70. The lowest BCUT2D eigenvalue weighted by atomic mass is 10.1. The molecule has 0 radical (unpaired) electrons. The molecular weight excluding hydrogens is 392 g/mol. The molecule has 1 fully saturated rings. The van der Waals surface area contributed by atoms with Crippen LogP contribution in [0.15, 0.2) is 54.6 Å². The number of carbonyl (C=O) groups excluding carboxylic acids is 2. The van der Waals surface area contributed by atoms with Crippen LogP contribution in [0, 0.1) is 6.92 Å². The minimum atomic E-state index is -0.470. The molecule has 8 nitrogen and oxygen atoms in total. The Labute approximate surface area is 181 Å². The molecule has 3 aromatic rings. The standard InChI is InChI=1S/C23H26N6O2/c1-15(17-10-12-19(13-11-17)29-14-6-9-20(29)30)24-23(31)26-21(18-7-4-3-5-8-18)22-25-16(2)27-28-22/h3-5,7-8,10-13,15,21H,6,9,14H2,1-2H3,(H2,24,26,31)(H,25,27,28). The summed E-state index contributed by atoms with van der Waals surface area (Å²) in [7, 11) is 0. The number of H-pyrrole nitrogens is 1. The summed E-state index contributed by atoms with van der Waals surface area (Å²) >= 11 is 0. The van der Waals surface area contributed by atoms with Crippen LogP contribution >= 0.6 is 0 Å². The molecule has 2 atom stereocenters. The fraction of sp³-hybridized carbons (Fsp3) is 0.304. The predicted octanol–water partition coefficient (Wildman–Crippen LogP) is 3.39. The quantitative estimate of drug-likeness (QED) is 0.571. The Hall–Kier alpha value is -3.68. The van der Waals surface area contributed by atoms with Gasteiger partial charge in [0.15, 0.2) is 5.82 Å². The van der Waals surface area contributed by atoms with Crippen LogP contribution in [0.1, 0.15) is 54.6 Å². The summed E-state index contributed by atoms with van der Waals surface area (Å²) in [5.74, 6) is 1.35. The number of aryl methyl sites for hydroxylation is 1. The Balaban J connectivity index is 1.43. The number of hydrogen-bond donors (Lipinski definition) is 3. The van der Waals surface area contributed by atoms with Crippen LogP contribution in [-0.2, 0) is 4.79 Å². The maximum Gasteiger partial charge on any atom is 0.316 e. The molecule has 3 N–H and O–H groups in total. The number of aromatic nitrogens is 3. The van der Waals surface area contributed by atoms with Crippen molar-refractivity contribution in [1.82, 2.24) is 25.8 Å². The zero-order valence-corrected chi connectivity index (χ0v) is 17.6. The van der Waals surface area contributed by atoms with E-state index in [2.05, 4.69) is 25.8 Å². The smallest absolute Gasteiger partial charge is 0.316 e. The molecule has 1 aliphatic heterocycles. The van der Waals surface area contributed by atoms with Crippen molar-refractivity contribution < 1.29 is 9.59 Å². The van der Waals surface area contributed by atoms with Gasteiger partial charge in [-0.15, -0.1) is 0 Å². The maximum absolute atomic E-state index is 12.8. The molecule has 0 saturated carbocycles. The Morgan fingerprint density at radius 1 is 1.06 bits per heavy atom. The monoisotopic (exact) mass is 418 g/mol. The van der Waals surface area contributed by atoms with Crippen LogP contribution in [0.4, 0.5) is 10.5 Å². The van der Waals surface area contributed by atoms with Crippen LogP contribution < -0.4 is 15.5 Å². The summed E-state index contributed by atoms with van der Waals surface area (Å²) in [5.41, 5.74) is 2.74. The van der Waals surface area contributed by atoms with E-state index in [1.807, 2.05) is 68.4 Å². The fourth-order valence-corrected chi connectivity index (χ4v) is 3.75. The summed E-state index contributed by atoms with van der Waals surface area (Å²) in [4.78, 5) is 30.9. The van der Waals surface area contributed by atoms with E-state index in [9.17, 15) is 9.59 Å². The molecule has 0 bridgehead atoms. The van der Waals surface area contributed by atoms with Crippen molar-refractivity contribution in [1.29, 1.82) is 0 Å². The van der Waals surface area contributed by atoms with Gasteiger partial charge in [0.1, 0.15) is 11.9 Å². The first-order chi connectivity index (χ1) is 15.0. The van der Waals surface area contributed by atoms with Gasteiger partial charge in [0.25, 0.3) is 0 Å². The lowest BCUT2D eigenvalue weighted by Crippen LogP contribution is -2.40. The molecular formula is C23H26N6O2.